The number of aliphatic hydroxyl groups is 1. The lowest BCUT2D eigenvalue weighted by Gasteiger charge is -2.22. The fraction of sp³-hybridized carbons (Fsp3) is 0.316. The fourth-order valence-electron chi connectivity index (χ4n) is 3.15. The van der Waals surface area contributed by atoms with Crippen molar-refractivity contribution in [2.45, 2.75) is 12.1 Å². The highest BCUT2D eigenvalue weighted by molar-refractivity contribution is 6.01. The molecular formula is C19H22N2O2. The number of rotatable bonds is 3. The molecule has 1 heterocycles. The Kier molecular flexibility index (Phi) is 4.46. The Morgan fingerprint density at radius 2 is 1.70 bits per heavy atom. The van der Waals surface area contributed by atoms with Crippen molar-refractivity contribution < 1.29 is 9.90 Å². The molecule has 0 radical (unpaired) electrons. The maximum absolute atomic E-state index is 13.0. The first-order valence-corrected chi connectivity index (χ1v) is 7.86. The first kappa shape index (κ1) is 15.7. The van der Waals surface area contributed by atoms with Crippen LogP contribution in [0.15, 0.2) is 54.6 Å². The molecule has 1 N–H and O–H groups in total. The summed E-state index contributed by atoms with van der Waals surface area (Å²) in [6, 6.07) is 17.6. The van der Waals surface area contributed by atoms with E-state index in [0.29, 0.717) is 18.7 Å². The van der Waals surface area contributed by atoms with E-state index in [0.717, 1.165) is 11.1 Å². The van der Waals surface area contributed by atoms with E-state index in [1.165, 1.54) is 0 Å². The molecule has 1 aliphatic rings. The number of hydrogen-bond donors (Lipinski definition) is 1. The predicted octanol–water partition coefficient (Wildman–Crippen LogP) is 2.10. The lowest BCUT2D eigenvalue weighted by molar-refractivity contribution is 0.0764. The van der Waals surface area contributed by atoms with Crippen molar-refractivity contribution in [2.24, 2.45) is 0 Å². The summed E-state index contributed by atoms with van der Waals surface area (Å²) in [6.07, 6.45) is -0.502. The summed E-state index contributed by atoms with van der Waals surface area (Å²) in [5.74, 6) is -0.0205. The van der Waals surface area contributed by atoms with E-state index in [1.807, 2.05) is 73.6 Å². The number of carbonyl (C=O) groups excluding carboxylic acids is 1. The van der Waals surface area contributed by atoms with Gasteiger partial charge in [0.25, 0.3) is 5.91 Å². The third kappa shape index (κ3) is 3.14. The van der Waals surface area contributed by atoms with Crippen LogP contribution >= 0.6 is 0 Å². The van der Waals surface area contributed by atoms with Crippen molar-refractivity contribution in [3.05, 3.63) is 60.2 Å². The van der Waals surface area contributed by atoms with Crippen LogP contribution in [0.3, 0.4) is 0 Å². The number of benzene rings is 2. The number of aliphatic hydroxyl groups excluding tert-OH is 1. The van der Waals surface area contributed by atoms with Crippen LogP contribution in [0.5, 0.6) is 0 Å². The molecule has 120 valence electrons. The molecule has 2 aromatic carbocycles. The lowest BCUT2D eigenvalue weighted by Crippen LogP contribution is -2.38. The summed E-state index contributed by atoms with van der Waals surface area (Å²) in [5, 5.41) is 10.2. The van der Waals surface area contributed by atoms with Gasteiger partial charge in [-0.3, -0.25) is 4.79 Å². The molecule has 1 saturated heterocycles. The van der Waals surface area contributed by atoms with Gasteiger partial charge in [0, 0.05) is 18.7 Å². The van der Waals surface area contributed by atoms with Crippen LogP contribution in [0.25, 0.3) is 11.1 Å². The summed E-state index contributed by atoms with van der Waals surface area (Å²) in [7, 11) is 3.86. The third-order valence-corrected chi connectivity index (χ3v) is 4.45. The zero-order valence-corrected chi connectivity index (χ0v) is 13.5. The molecule has 4 heteroatoms. The smallest absolute Gasteiger partial charge is 0.254 e. The largest absolute Gasteiger partial charge is 0.390 e. The van der Waals surface area contributed by atoms with Crippen molar-refractivity contribution in [2.75, 3.05) is 27.2 Å². The van der Waals surface area contributed by atoms with Gasteiger partial charge >= 0.3 is 0 Å². The van der Waals surface area contributed by atoms with E-state index in [9.17, 15) is 9.90 Å². The van der Waals surface area contributed by atoms with Gasteiger partial charge in [-0.1, -0.05) is 48.5 Å². The van der Waals surface area contributed by atoms with Gasteiger partial charge in [0.1, 0.15) is 0 Å². The molecule has 1 fully saturated rings. The Bertz CT molecular complexity index is 685. The van der Waals surface area contributed by atoms with E-state index in [2.05, 4.69) is 0 Å². The van der Waals surface area contributed by atoms with Gasteiger partial charge in [-0.25, -0.2) is 0 Å². The monoisotopic (exact) mass is 310 g/mol. The van der Waals surface area contributed by atoms with Crippen LogP contribution in [0.2, 0.25) is 0 Å². The fourth-order valence-corrected chi connectivity index (χ4v) is 3.15. The number of carbonyl (C=O) groups is 1. The average molecular weight is 310 g/mol. The number of nitrogens with zero attached hydrogens (tertiary/aromatic N) is 2. The van der Waals surface area contributed by atoms with Crippen molar-refractivity contribution in [3.63, 3.8) is 0 Å². The second kappa shape index (κ2) is 6.52. The number of likely N-dealkylation sites (N-methyl/N-ethyl adjacent to an activating group) is 1. The molecule has 1 aliphatic heterocycles. The minimum atomic E-state index is -0.502. The standard InChI is InChI=1S/C19H22N2O2/c1-20(2)17-12-21(13-18(17)22)19(23)16-11-7-6-10-15(16)14-8-4-3-5-9-14/h3-11,17-18,22H,12-13H2,1-2H3/t17-,18-/m0/s1. The molecule has 23 heavy (non-hydrogen) atoms. The first-order chi connectivity index (χ1) is 11.1. The summed E-state index contributed by atoms with van der Waals surface area (Å²) in [6.45, 7) is 0.931. The predicted molar refractivity (Wildman–Crippen MR) is 91.3 cm³/mol. The topological polar surface area (TPSA) is 43.8 Å². The molecular weight excluding hydrogens is 288 g/mol. The van der Waals surface area contributed by atoms with E-state index in [-0.39, 0.29) is 11.9 Å². The normalized spacial score (nSPS) is 21.0. The lowest BCUT2D eigenvalue weighted by atomic mass is 9.99. The molecule has 0 aliphatic carbocycles. The molecule has 0 aromatic heterocycles. The molecule has 0 unspecified atom stereocenters. The summed E-state index contributed by atoms with van der Waals surface area (Å²) in [5.41, 5.74) is 2.64. The average Bonchev–Trinajstić information content (AvgIpc) is 2.97. The molecule has 0 spiro atoms. The number of amides is 1. The SMILES string of the molecule is CN(C)[C@H]1CN(C(=O)c2ccccc2-c2ccccc2)C[C@@H]1O. The molecule has 3 rings (SSSR count). The van der Waals surface area contributed by atoms with Gasteiger partial charge in [0.2, 0.25) is 0 Å². The molecule has 1 amide bonds. The summed E-state index contributed by atoms with van der Waals surface area (Å²) >= 11 is 0. The van der Waals surface area contributed by atoms with Gasteiger partial charge in [0.15, 0.2) is 0 Å². The Balaban J connectivity index is 1.90. The zero-order chi connectivity index (χ0) is 16.4. The van der Waals surface area contributed by atoms with Crippen molar-refractivity contribution in [3.8, 4) is 11.1 Å². The van der Waals surface area contributed by atoms with E-state index >= 15 is 0 Å². The van der Waals surface area contributed by atoms with Gasteiger partial charge < -0.3 is 14.9 Å². The van der Waals surface area contributed by atoms with Crippen LogP contribution in [0.4, 0.5) is 0 Å². The first-order valence-electron chi connectivity index (χ1n) is 7.86. The van der Waals surface area contributed by atoms with E-state index < -0.39 is 6.10 Å². The van der Waals surface area contributed by atoms with Gasteiger partial charge in [-0.2, -0.15) is 0 Å². The summed E-state index contributed by atoms with van der Waals surface area (Å²) in [4.78, 5) is 16.7. The molecule has 2 aromatic rings. The van der Waals surface area contributed by atoms with Crippen molar-refractivity contribution in [1.82, 2.24) is 9.80 Å². The Labute approximate surface area is 137 Å². The summed E-state index contributed by atoms with van der Waals surface area (Å²) < 4.78 is 0. The van der Waals surface area contributed by atoms with Crippen molar-refractivity contribution in [1.29, 1.82) is 0 Å². The third-order valence-electron chi connectivity index (χ3n) is 4.45. The zero-order valence-electron chi connectivity index (χ0n) is 13.5. The highest BCUT2D eigenvalue weighted by Gasteiger charge is 2.36. The van der Waals surface area contributed by atoms with Crippen LogP contribution in [0.1, 0.15) is 10.4 Å². The van der Waals surface area contributed by atoms with Gasteiger partial charge in [-0.15, -0.1) is 0 Å². The van der Waals surface area contributed by atoms with Crippen LogP contribution in [-0.4, -0.2) is 60.1 Å². The van der Waals surface area contributed by atoms with Crippen LogP contribution in [-0.2, 0) is 0 Å². The molecule has 0 saturated carbocycles. The maximum atomic E-state index is 13.0. The number of β-amino-alcohol motifs (C(OH)–C–C–N with tert-alkyl or cyclic N) is 1. The molecule has 4 nitrogen and oxygen atoms in total. The minimum Gasteiger partial charge on any atom is -0.390 e. The quantitative estimate of drug-likeness (QED) is 0.944. The molecule has 0 bridgehead atoms. The van der Waals surface area contributed by atoms with E-state index in [4.69, 9.17) is 0 Å². The number of hydrogen-bond acceptors (Lipinski definition) is 3. The molecule has 2 atom stereocenters. The maximum Gasteiger partial charge on any atom is 0.254 e. The van der Waals surface area contributed by atoms with Gasteiger partial charge in [-0.05, 0) is 31.3 Å². The second-order valence-corrected chi connectivity index (χ2v) is 6.22. The van der Waals surface area contributed by atoms with Gasteiger partial charge in [0.05, 0.1) is 12.1 Å². The minimum absolute atomic E-state index is 0.0113. The van der Waals surface area contributed by atoms with Crippen molar-refractivity contribution >= 4 is 5.91 Å². The van der Waals surface area contributed by atoms with E-state index in [1.54, 1.807) is 4.90 Å². The Morgan fingerprint density at radius 1 is 1.04 bits per heavy atom. The highest BCUT2D eigenvalue weighted by atomic mass is 16.3. The second-order valence-electron chi connectivity index (χ2n) is 6.22. The van der Waals surface area contributed by atoms with Crippen LogP contribution in [0, 0.1) is 0 Å². The van der Waals surface area contributed by atoms with Crippen LogP contribution < -0.4 is 0 Å². The Hall–Kier alpha value is -2.17. The Morgan fingerprint density at radius 3 is 2.35 bits per heavy atom. The highest BCUT2D eigenvalue weighted by Crippen LogP contribution is 2.26. The number of likely N-dealkylation sites (tertiary alicyclic amines) is 1.